The fraction of sp³-hybridized carbons (Fsp3) is 1.00. The summed E-state index contributed by atoms with van der Waals surface area (Å²) in [5.74, 6) is 0. The highest BCUT2D eigenvalue weighted by atomic mass is 16.5. The van der Waals surface area contributed by atoms with Gasteiger partial charge in [-0.2, -0.15) is 0 Å². The molecule has 2 rings (SSSR count). The summed E-state index contributed by atoms with van der Waals surface area (Å²) in [5, 5.41) is 0. The second kappa shape index (κ2) is 7.77. The molecule has 1 aliphatic carbocycles. The molecule has 2 N–H and O–H groups in total. The summed E-state index contributed by atoms with van der Waals surface area (Å²) in [6.45, 7) is 7.40. The average molecular weight is 282 g/mol. The summed E-state index contributed by atoms with van der Waals surface area (Å²) in [7, 11) is 0. The Labute approximate surface area is 125 Å². The van der Waals surface area contributed by atoms with Gasteiger partial charge in [-0.15, -0.1) is 0 Å². The van der Waals surface area contributed by atoms with Crippen molar-refractivity contribution in [3.05, 3.63) is 0 Å². The van der Waals surface area contributed by atoms with E-state index in [9.17, 15) is 0 Å². The Hall–Kier alpha value is -0.120. The molecule has 0 amide bonds. The van der Waals surface area contributed by atoms with Crippen molar-refractivity contribution in [2.75, 3.05) is 19.7 Å². The quantitative estimate of drug-likeness (QED) is 0.812. The molecule has 0 aromatic carbocycles. The molecule has 0 aromatic rings. The van der Waals surface area contributed by atoms with Crippen LogP contribution in [-0.4, -0.2) is 42.3 Å². The predicted octanol–water partition coefficient (Wildman–Crippen LogP) is 3.32. The van der Waals surface area contributed by atoms with E-state index in [4.69, 9.17) is 10.5 Å². The van der Waals surface area contributed by atoms with Crippen LogP contribution in [0.5, 0.6) is 0 Å². The molecular weight excluding hydrogens is 248 g/mol. The molecule has 3 heteroatoms. The fourth-order valence-corrected chi connectivity index (χ4v) is 4.40. The third-order valence-electron chi connectivity index (χ3n) is 5.50. The van der Waals surface area contributed by atoms with Crippen LogP contribution in [-0.2, 0) is 4.74 Å². The second-order valence-corrected chi connectivity index (χ2v) is 6.74. The molecule has 1 spiro atoms. The van der Waals surface area contributed by atoms with Crippen LogP contribution in [0.15, 0.2) is 0 Å². The van der Waals surface area contributed by atoms with Crippen LogP contribution in [0, 0.1) is 0 Å². The molecular formula is C17H34N2O. The van der Waals surface area contributed by atoms with Gasteiger partial charge in [-0.1, -0.05) is 33.1 Å². The maximum absolute atomic E-state index is 6.25. The summed E-state index contributed by atoms with van der Waals surface area (Å²) in [6.07, 6.45) is 11.6. The lowest BCUT2D eigenvalue weighted by Gasteiger charge is -2.48. The molecule has 0 aromatic heterocycles. The van der Waals surface area contributed by atoms with Crippen LogP contribution in [0.2, 0.25) is 0 Å². The average Bonchev–Trinajstić information content (AvgIpc) is 2.48. The molecule has 1 unspecified atom stereocenters. The Bertz CT molecular complexity index is 267. The van der Waals surface area contributed by atoms with Crippen molar-refractivity contribution < 1.29 is 4.74 Å². The van der Waals surface area contributed by atoms with Gasteiger partial charge in [0.2, 0.25) is 0 Å². The van der Waals surface area contributed by atoms with Crippen molar-refractivity contribution >= 4 is 0 Å². The van der Waals surface area contributed by atoms with Gasteiger partial charge in [-0.25, -0.2) is 0 Å². The smallest absolute Gasteiger partial charge is 0.0697 e. The van der Waals surface area contributed by atoms with E-state index in [0.29, 0.717) is 12.1 Å². The number of hydrogen-bond donors (Lipinski definition) is 1. The maximum atomic E-state index is 6.25. The third-order valence-corrected chi connectivity index (χ3v) is 5.50. The predicted molar refractivity (Wildman–Crippen MR) is 84.9 cm³/mol. The lowest BCUT2D eigenvalue weighted by Crippen LogP contribution is -2.53. The highest BCUT2D eigenvalue weighted by Crippen LogP contribution is 2.40. The van der Waals surface area contributed by atoms with E-state index in [1.54, 1.807) is 0 Å². The third kappa shape index (κ3) is 3.75. The van der Waals surface area contributed by atoms with E-state index in [1.807, 2.05) is 0 Å². The summed E-state index contributed by atoms with van der Waals surface area (Å²) in [4.78, 5) is 2.71. The molecule has 0 bridgehead atoms. The fourth-order valence-electron chi connectivity index (χ4n) is 4.40. The first-order chi connectivity index (χ1) is 9.74. The van der Waals surface area contributed by atoms with Crippen LogP contribution < -0.4 is 5.73 Å². The Morgan fingerprint density at radius 3 is 2.50 bits per heavy atom. The zero-order valence-electron chi connectivity index (χ0n) is 13.6. The summed E-state index contributed by atoms with van der Waals surface area (Å²) in [6, 6.07) is 1.39. The standard InChI is InChI=1S/C17H34N2O/c1-3-15(4-2)19(12-11-18)16-8-13-20-17(14-16)9-6-5-7-10-17/h15-16H,3-14,18H2,1-2H3. The van der Waals surface area contributed by atoms with Crippen molar-refractivity contribution in [3.8, 4) is 0 Å². The van der Waals surface area contributed by atoms with Gasteiger partial charge in [-0.05, 0) is 38.5 Å². The monoisotopic (exact) mass is 282 g/mol. The Balaban J connectivity index is 2.04. The summed E-state index contributed by atoms with van der Waals surface area (Å²) < 4.78 is 6.25. The van der Waals surface area contributed by atoms with E-state index < -0.39 is 0 Å². The Morgan fingerprint density at radius 1 is 1.20 bits per heavy atom. The largest absolute Gasteiger partial charge is 0.375 e. The van der Waals surface area contributed by atoms with E-state index >= 15 is 0 Å². The van der Waals surface area contributed by atoms with Crippen LogP contribution in [0.3, 0.4) is 0 Å². The molecule has 1 atom stereocenters. The van der Waals surface area contributed by atoms with Crippen LogP contribution in [0.1, 0.15) is 71.6 Å². The molecule has 1 heterocycles. The molecule has 3 nitrogen and oxygen atoms in total. The summed E-state index contributed by atoms with van der Waals surface area (Å²) in [5.41, 5.74) is 6.09. The van der Waals surface area contributed by atoms with E-state index in [-0.39, 0.29) is 5.60 Å². The number of ether oxygens (including phenoxy) is 1. The van der Waals surface area contributed by atoms with Gasteiger partial charge >= 0.3 is 0 Å². The normalized spacial score (nSPS) is 26.6. The van der Waals surface area contributed by atoms with Gasteiger partial charge in [0, 0.05) is 31.8 Å². The number of nitrogens with two attached hydrogens (primary N) is 1. The van der Waals surface area contributed by atoms with Crippen molar-refractivity contribution in [2.24, 2.45) is 5.73 Å². The minimum absolute atomic E-state index is 0.208. The number of hydrogen-bond acceptors (Lipinski definition) is 3. The topological polar surface area (TPSA) is 38.5 Å². The Morgan fingerprint density at radius 2 is 1.90 bits per heavy atom. The number of nitrogens with zero attached hydrogens (tertiary/aromatic N) is 1. The zero-order valence-corrected chi connectivity index (χ0v) is 13.6. The lowest BCUT2D eigenvalue weighted by molar-refractivity contribution is -0.128. The van der Waals surface area contributed by atoms with E-state index in [1.165, 1.54) is 57.8 Å². The van der Waals surface area contributed by atoms with E-state index in [2.05, 4.69) is 18.7 Å². The lowest BCUT2D eigenvalue weighted by atomic mass is 9.77. The second-order valence-electron chi connectivity index (χ2n) is 6.74. The highest BCUT2D eigenvalue weighted by molar-refractivity contribution is 4.94. The highest BCUT2D eigenvalue weighted by Gasteiger charge is 2.40. The maximum Gasteiger partial charge on any atom is 0.0697 e. The van der Waals surface area contributed by atoms with Crippen LogP contribution in [0.25, 0.3) is 0 Å². The minimum Gasteiger partial charge on any atom is -0.375 e. The van der Waals surface area contributed by atoms with Crippen molar-refractivity contribution in [2.45, 2.75) is 89.3 Å². The van der Waals surface area contributed by atoms with Crippen LogP contribution >= 0.6 is 0 Å². The molecule has 1 saturated carbocycles. The Kier molecular flexibility index (Phi) is 6.31. The van der Waals surface area contributed by atoms with Crippen LogP contribution in [0.4, 0.5) is 0 Å². The molecule has 1 saturated heterocycles. The van der Waals surface area contributed by atoms with Crippen molar-refractivity contribution in [1.29, 1.82) is 0 Å². The molecule has 0 radical (unpaired) electrons. The minimum atomic E-state index is 0.208. The number of rotatable bonds is 6. The van der Waals surface area contributed by atoms with Gasteiger partial charge in [0.15, 0.2) is 0 Å². The SMILES string of the molecule is CCC(CC)N(CCN)C1CCOC2(CCCCC2)C1. The van der Waals surface area contributed by atoms with Gasteiger partial charge < -0.3 is 10.5 Å². The first kappa shape index (κ1) is 16.3. The molecule has 20 heavy (non-hydrogen) atoms. The zero-order chi connectivity index (χ0) is 14.4. The molecule has 1 aliphatic heterocycles. The summed E-state index contributed by atoms with van der Waals surface area (Å²) >= 11 is 0. The van der Waals surface area contributed by atoms with Gasteiger partial charge in [0.05, 0.1) is 5.60 Å². The molecule has 2 aliphatic rings. The van der Waals surface area contributed by atoms with Gasteiger partial charge in [0.1, 0.15) is 0 Å². The van der Waals surface area contributed by atoms with E-state index in [0.717, 1.165) is 19.7 Å². The first-order valence-corrected chi connectivity index (χ1v) is 8.84. The van der Waals surface area contributed by atoms with Gasteiger partial charge in [-0.3, -0.25) is 4.90 Å². The van der Waals surface area contributed by atoms with Crippen molar-refractivity contribution in [1.82, 2.24) is 4.90 Å². The molecule has 2 fully saturated rings. The van der Waals surface area contributed by atoms with Crippen molar-refractivity contribution in [3.63, 3.8) is 0 Å². The first-order valence-electron chi connectivity index (χ1n) is 8.84. The molecule has 118 valence electrons. The van der Waals surface area contributed by atoms with Gasteiger partial charge in [0.25, 0.3) is 0 Å².